The second kappa shape index (κ2) is 5.51. The third kappa shape index (κ3) is 2.97. The van der Waals surface area contributed by atoms with E-state index in [1.54, 1.807) is 26.1 Å². The van der Waals surface area contributed by atoms with E-state index < -0.39 is 0 Å². The Labute approximate surface area is 95.7 Å². The van der Waals surface area contributed by atoms with Crippen molar-refractivity contribution in [3.8, 4) is 5.75 Å². The van der Waals surface area contributed by atoms with Crippen LogP contribution in [0.25, 0.3) is 0 Å². The Kier molecular flexibility index (Phi) is 4.31. The zero-order valence-electron chi connectivity index (χ0n) is 9.82. The van der Waals surface area contributed by atoms with E-state index >= 15 is 0 Å². The van der Waals surface area contributed by atoms with Gasteiger partial charge in [-0.2, -0.15) is 0 Å². The molecule has 1 amide bonds. The highest BCUT2D eigenvalue weighted by Crippen LogP contribution is 2.23. The molecule has 0 saturated heterocycles. The molecule has 16 heavy (non-hydrogen) atoms. The minimum absolute atomic E-state index is 0.0673. The Morgan fingerprint density at radius 1 is 1.31 bits per heavy atom. The number of carbonyl (C=O) groups excluding carboxylic acids is 1. The van der Waals surface area contributed by atoms with Crippen LogP contribution < -0.4 is 10.6 Å². The second-order valence-electron chi connectivity index (χ2n) is 3.78. The molecule has 4 heteroatoms. The van der Waals surface area contributed by atoms with Crippen LogP contribution in [0.3, 0.4) is 0 Å². The van der Waals surface area contributed by atoms with Crippen molar-refractivity contribution in [2.24, 2.45) is 0 Å². The molecule has 0 radical (unpaired) electrons. The van der Waals surface area contributed by atoms with Crippen LogP contribution in [0.2, 0.25) is 0 Å². The van der Waals surface area contributed by atoms with Gasteiger partial charge in [0.15, 0.2) is 0 Å². The van der Waals surface area contributed by atoms with E-state index in [9.17, 15) is 9.90 Å². The van der Waals surface area contributed by atoms with Crippen molar-refractivity contribution in [1.82, 2.24) is 10.6 Å². The lowest BCUT2D eigenvalue weighted by molar-refractivity contribution is -0.122. The highest BCUT2D eigenvalue weighted by molar-refractivity contribution is 5.81. The zero-order valence-corrected chi connectivity index (χ0v) is 9.82. The molecule has 2 unspecified atom stereocenters. The summed E-state index contributed by atoms with van der Waals surface area (Å²) in [4.78, 5) is 11.3. The topological polar surface area (TPSA) is 61.4 Å². The monoisotopic (exact) mass is 222 g/mol. The summed E-state index contributed by atoms with van der Waals surface area (Å²) in [6, 6.07) is 6.74. The van der Waals surface area contributed by atoms with E-state index in [0.717, 1.165) is 5.56 Å². The average Bonchev–Trinajstić information content (AvgIpc) is 2.28. The maximum Gasteiger partial charge on any atom is 0.236 e. The van der Waals surface area contributed by atoms with Crippen LogP contribution in [-0.4, -0.2) is 24.1 Å². The SMILES string of the molecule is CNC(=O)C(C)NC(C)c1ccccc1O. The highest BCUT2D eigenvalue weighted by atomic mass is 16.3. The van der Waals surface area contributed by atoms with E-state index in [-0.39, 0.29) is 23.7 Å². The number of aromatic hydroxyl groups is 1. The van der Waals surface area contributed by atoms with Crippen LogP contribution >= 0.6 is 0 Å². The van der Waals surface area contributed by atoms with Gasteiger partial charge in [0, 0.05) is 18.7 Å². The standard InChI is InChI=1S/C12H18N2O2/c1-8(14-9(2)12(16)13-3)10-6-4-5-7-11(10)15/h4-9,14-15H,1-3H3,(H,13,16). The summed E-state index contributed by atoms with van der Waals surface area (Å²) in [5.41, 5.74) is 0.790. The molecule has 0 aliphatic heterocycles. The summed E-state index contributed by atoms with van der Waals surface area (Å²) in [6.07, 6.45) is 0. The number of phenolic OH excluding ortho intramolecular Hbond substituents is 1. The number of phenols is 1. The first-order chi connectivity index (χ1) is 7.56. The number of nitrogens with one attached hydrogen (secondary N) is 2. The quantitative estimate of drug-likeness (QED) is 0.717. The minimum Gasteiger partial charge on any atom is -0.508 e. The Morgan fingerprint density at radius 3 is 2.50 bits per heavy atom. The molecule has 88 valence electrons. The fourth-order valence-corrected chi connectivity index (χ4v) is 1.61. The molecule has 1 aromatic carbocycles. The molecule has 4 nitrogen and oxygen atoms in total. The van der Waals surface area contributed by atoms with E-state index in [2.05, 4.69) is 10.6 Å². The summed E-state index contributed by atoms with van der Waals surface area (Å²) in [7, 11) is 1.60. The molecule has 0 fully saturated rings. The van der Waals surface area contributed by atoms with Crippen LogP contribution in [0.5, 0.6) is 5.75 Å². The molecule has 2 atom stereocenters. The van der Waals surface area contributed by atoms with Crippen LogP contribution in [0.1, 0.15) is 25.5 Å². The number of likely N-dealkylation sites (N-methyl/N-ethyl adjacent to an activating group) is 1. The van der Waals surface area contributed by atoms with Gasteiger partial charge >= 0.3 is 0 Å². The van der Waals surface area contributed by atoms with Crippen molar-refractivity contribution in [2.45, 2.75) is 25.9 Å². The van der Waals surface area contributed by atoms with Gasteiger partial charge in [-0.15, -0.1) is 0 Å². The Bertz CT molecular complexity index is 366. The number of benzene rings is 1. The van der Waals surface area contributed by atoms with Gasteiger partial charge in [0.05, 0.1) is 6.04 Å². The number of para-hydroxylation sites is 1. The van der Waals surface area contributed by atoms with Crippen molar-refractivity contribution < 1.29 is 9.90 Å². The summed E-state index contributed by atoms with van der Waals surface area (Å²) in [6.45, 7) is 3.70. The van der Waals surface area contributed by atoms with Gasteiger partial charge in [0.1, 0.15) is 5.75 Å². The summed E-state index contributed by atoms with van der Waals surface area (Å²) in [5.74, 6) is 0.175. The number of hydrogen-bond donors (Lipinski definition) is 3. The summed E-state index contributed by atoms with van der Waals surface area (Å²) >= 11 is 0. The van der Waals surface area contributed by atoms with Crippen LogP contribution in [0.4, 0.5) is 0 Å². The van der Waals surface area contributed by atoms with E-state index in [4.69, 9.17) is 0 Å². The van der Waals surface area contributed by atoms with Gasteiger partial charge in [-0.05, 0) is 19.9 Å². The van der Waals surface area contributed by atoms with E-state index in [1.807, 2.05) is 19.1 Å². The number of hydrogen-bond acceptors (Lipinski definition) is 3. The molecule has 3 N–H and O–H groups in total. The van der Waals surface area contributed by atoms with Gasteiger partial charge in [-0.1, -0.05) is 18.2 Å². The first kappa shape index (κ1) is 12.5. The fourth-order valence-electron chi connectivity index (χ4n) is 1.61. The molecular formula is C12H18N2O2. The van der Waals surface area contributed by atoms with Crippen LogP contribution in [0.15, 0.2) is 24.3 Å². The average molecular weight is 222 g/mol. The largest absolute Gasteiger partial charge is 0.508 e. The first-order valence-electron chi connectivity index (χ1n) is 5.31. The zero-order chi connectivity index (χ0) is 12.1. The lowest BCUT2D eigenvalue weighted by atomic mass is 10.1. The number of carbonyl (C=O) groups is 1. The molecule has 0 bridgehead atoms. The Hall–Kier alpha value is -1.55. The van der Waals surface area contributed by atoms with Crippen molar-refractivity contribution in [3.63, 3.8) is 0 Å². The van der Waals surface area contributed by atoms with Crippen LogP contribution in [-0.2, 0) is 4.79 Å². The molecule has 0 aromatic heterocycles. The van der Waals surface area contributed by atoms with Gasteiger partial charge in [-0.3, -0.25) is 10.1 Å². The minimum atomic E-state index is -0.292. The summed E-state index contributed by atoms with van der Waals surface area (Å²) < 4.78 is 0. The molecule has 0 aliphatic carbocycles. The number of amides is 1. The molecule has 1 aromatic rings. The van der Waals surface area contributed by atoms with Crippen molar-refractivity contribution in [2.75, 3.05) is 7.05 Å². The maximum absolute atomic E-state index is 11.3. The predicted octanol–water partition coefficient (Wildman–Crippen LogP) is 1.18. The van der Waals surface area contributed by atoms with Gasteiger partial charge in [-0.25, -0.2) is 0 Å². The third-order valence-electron chi connectivity index (χ3n) is 2.54. The van der Waals surface area contributed by atoms with E-state index in [1.165, 1.54) is 0 Å². The molecule has 1 rings (SSSR count). The third-order valence-corrected chi connectivity index (χ3v) is 2.54. The molecule has 0 heterocycles. The summed E-state index contributed by atoms with van der Waals surface area (Å²) in [5, 5.41) is 15.3. The van der Waals surface area contributed by atoms with Crippen molar-refractivity contribution in [1.29, 1.82) is 0 Å². The van der Waals surface area contributed by atoms with Crippen LogP contribution in [0, 0.1) is 0 Å². The maximum atomic E-state index is 11.3. The van der Waals surface area contributed by atoms with E-state index in [0.29, 0.717) is 0 Å². The normalized spacial score (nSPS) is 14.2. The molecule has 0 saturated carbocycles. The van der Waals surface area contributed by atoms with Gasteiger partial charge < -0.3 is 10.4 Å². The lowest BCUT2D eigenvalue weighted by Gasteiger charge is -2.19. The van der Waals surface area contributed by atoms with Gasteiger partial charge in [0.25, 0.3) is 0 Å². The number of rotatable bonds is 4. The molecular weight excluding hydrogens is 204 g/mol. The molecule has 0 aliphatic rings. The lowest BCUT2D eigenvalue weighted by Crippen LogP contribution is -2.41. The first-order valence-corrected chi connectivity index (χ1v) is 5.31. The Morgan fingerprint density at radius 2 is 1.94 bits per heavy atom. The smallest absolute Gasteiger partial charge is 0.236 e. The molecule has 0 spiro atoms. The highest BCUT2D eigenvalue weighted by Gasteiger charge is 2.16. The van der Waals surface area contributed by atoms with Crippen molar-refractivity contribution >= 4 is 5.91 Å². The second-order valence-corrected chi connectivity index (χ2v) is 3.78. The van der Waals surface area contributed by atoms with Gasteiger partial charge in [0.2, 0.25) is 5.91 Å². The fraction of sp³-hybridized carbons (Fsp3) is 0.417. The Balaban J connectivity index is 2.69. The predicted molar refractivity (Wildman–Crippen MR) is 63.2 cm³/mol. The van der Waals surface area contributed by atoms with Crippen molar-refractivity contribution in [3.05, 3.63) is 29.8 Å².